The lowest BCUT2D eigenvalue weighted by atomic mass is 10.2. The number of amides is 1. The molecule has 0 aromatic heterocycles. The SMILES string of the molecule is C[C@H](OCC(F)(F)F)C(=O)Nc1cccc(NS(C)(=O)=O)c1. The van der Waals surface area contributed by atoms with Crippen molar-refractivity contribution in [3.8, 4) is 0 Å². The molecule has 1 atom stereocenters. The zero-order valence-corrected chi connectivity index (χ0v) is 12.6. The third kappa shape index (κ3) is 7.27. The zero-order chi connectivity index (χ0) is 17.0. The number of hydrogen-bond donors (Lipinski definition) is 2. The maximum absolute atomic E-state index is 12.0. The molecule has 0 spiro atoms. The van der Waals surface area contributed by atoms with Crippen molar-refractivity contribution >= 4 is 27.3 Å². The molecule has 0 saturated carbocycles. The number of alkyl halides is 3. The molecule has 0 saturated heterocycles. The number of anilines is 2. The second-order valence-corrected chi connectivity index (χ2v) is 6.26. The number of halogens is 3. The summed E-state index contributed by atoms with van der Waals surface area (Å²) in [7, 11) is -3.48. The van der Waals surface area contributed by atoms with Crippen molar-refractivity contribution in [1.82, 2.24) is 0 Å². The highest BCUT2D eigenvalue weighted by molar-refractivity contribution is 7.92. The van der Waals surface area contributed by atoms with Crippen molar-refractivity contribution < 1.29 is 31.1 Å². The van der Waals surface area contributed by atoms with Crippen molar-refractivity contribution in [2.24, 2.45) is 0 Å². The first-order chi connectivity index (χ1) is 9.96. The van der Waals surface area contributed by atoms with E-state index >= 15 is 0 Å². The van der Waals surface area contributed by atoms with Gasteiger partial charge in [0, 0.05) is 5.69 Å². The van der Waals surface area contributed by atoms with E-state index in [2.05, 4.69) is 14.8 Å². The normalized spacial score (nSPS) is 13.5. The van der Waals surface area contributed by atoms with Gasteiger partial charge in [-0.25, -0.2) is 8.42 Å². The van der Waals surface area contributed by atoms with E-state index in [1.165, 1.54) is 31.2 Å². The number of ether oxygens (including phenoxy) is 1. The molecule has 0 bridgehead atoms. The molecule has 1 aromatic rings. The summed E-state index contributed by atoms with van der Waals surface area (Å²) in [5.41, 5.74) is 0.435. The Morgan fingerprint density at radius 1 is 1.32 bits per heavy atom. The lowest BCUT2D eigenvalue weighted by Crippen LogP contribution is -2.31. The summed E-state index contributed by atoms with van der Waals surface area (Å²) in [6.07, 6.45) is -4.87. The van der Waals surface area contributed by atoms with Gasteiger partial charge in [0.25, 0.3) is 5.91 Å². The van der Waals surface area contributed by atoms with Crippen LogP contribution in [0.1, 0.15) is 6.92 Å². The van der Waals surface area contributed by atoms with Crippen molar-refractivity contribution in [3.05, 3.63) is 24.3 Å². The molecule has 0 aliphatic heterocycles. The molecule has 0 aliphatic rings. The largest absolute Gasteiger partial charge is 0.411 e. The lowest BCUT2D eigenvalue weighted by Gasteiger charge is -2.15. The molecular weight excluding hydrogens is 325 g/mol. The molecule has 1 aromatic carbocycles. The van der Waals surface area contributed by atoms with Gasteiger partial charge in [-0.3, -0.25) is 9.52 Å². The first-order valence-corrected chi connectivity index (χ1v) is 7.92. The summed E-state index contributed by atoms with van der Waals surface area (Å²) in [4.78, 5) is 11.7. The highest BCUT2D eigenvalue weighted by atomic mass is 32.2. The molecular formula is C12H15F3N2O4S. The topological polar surface area (TPSA) is 84.5 Å². The minimum Gasteiger partial charge on any atom is -0.359 e. The number of sulfonamides is 1. The summed E-state index contributed by atoms with van der Waals surface area (Å²) < 4.78 is 64.8. The van der Waals surface area contributed by atoms with Crippen LogP contribution in [0.25, 0.3) is 0 Å². The van der Waals surface area contributed by atoms with Crippen LogP contribution in [0.5, 0.6) is 0 Å². The maximum Gasteiger partial charge on any atom is 0.411 e. The molecule has 6 nitrogen and oxygen atoms in total. The Labute approximate surface area is 125 Å². The fraction of sp³-hybridized carbons (Fsp3) is 0.417. The van der Waals surface area contributed by atoms with E-state index in [4.69, 9.17) is 0 Å². The lowest BCUT2D eigenvalue weighted by molar-refractivity contribution is -0.184. The minimum atomic E-state index is -4.52. The highest BCUT2D eigenvalue weighted by Crippen LogP contribution is 2.18. The first-order valence-electron chi connectivity index (χ1n) is 6.03. The monoisotopic (exact) mass is 340 g/mol. The molecule has 0 aliphatic carbocycles. The number of hydrogen-bond acceptors (Lipinski definition) is 4. The van der Waals surface area contributed by atoms with Crippen LogP contribution >= 0.6 is 0 Å². The van der Waals surface area contributed by atoms with Gasteiger partial charge in [-0.2, -0.15) is 13.2 Å². The summed E-state index contributed by atoms with van der Waals surface area (Å²) in [6, 6.07) is 5.72. The van der Waals surface area contributed by atoms with Crippen LogP contribution in [-0.4, -0.2) is 39.5 Å². The summed E-state index contributed by atoms with van der Waals surface area (Å²) in [6.45, 7) is -0.350. The van der Waals surface area contributed by atoms with Gasteiger partial charge in [0.1, 0.15) is 12.7 Å². The van der Waals surface area contributed by atoms with Gasteiger partial charge in [-0.1, -0.05) is 6.07 Å². The number of benzene rings is 1. The number of rotatable bonds is 6. The quantitative estimate of drug-likeness (QED) is 0.829. The fourth-order valence-electron chi connectivity index (χ4n) is 1.41. The Balaban J connectivity index is 2.66. The Hall–Kier alpha value is -1.81. The molecule has 0 heterocycles. The van der Waals surface area contributed by atoms with Crippen molar-refractivity contribution in [2.75, 3.05) is 22.9 Å². The van der Waals surface area contributed by atoms with Crippen LogP contribution < -0.4 is 10.0 Å². The highest BCUT2D eigenvalue weighted by Gasteiger charge is 2.29. The zero-order valence-electron chi connectivity index (χ0n) is 11.8. The van der Waals surface area contributed by atoms with Crippen LogP contribution in [0.2, 0.25) is 0 Å². The third-order valence-electron chi connectivity index (χ3n) is 2.30. The summed E-state index contributed by atoms with van der Waals surface area (Å²) in [5.74, 6) is -0.777. The van der Waals surface area contributed by atoms with Gasteiger partial charge in [-0.05, 0) is 25.1 Å². The van der Waals surface area contributed by atoms with Crippen molar-refractivity contribution in [2.45, 2.75) is 19.2 Å². The van der Waals surface area contributed by atoms with Crippen LogP contribution in [0.4, 0.5) is 24.5 Å². The van der Waals surface area contributed by atoms with Gasteiger partial charge in [0.15, 0.2) is 0 Å². The number of carbonyl (C=O) groups is 1. The average Bonchev–Trinajstić information content (AvgIpc) is 2.33. The predicted octanol–water partition coefficient (Wildman–Crippen LogP) is 1.96. The van der Waals surface area contributed by atoms with E-state index in [1.54, 1.807) is 0 Å². The number of nitrogens with one attached hydrogen (secondary N) is 2. The van der Waals surface area contributed by atoms with Crippen LogP contribution in [0, 0.1) is 0 Å². The van der Waals surface area contributed by atoms with Crippen LogP contribution in [0.15, 0.2) is 24.3 Å². The van der Waals surface area contributed by atoms with Crippen LogP contribution in [-0.2, 0) is 19.6 Å². The second-order valence-electron chi connectivity index (χ2n) is 4.51. The maximum atomic E-state index is 12.0. The predicted molar refractivity (Wildman–Crippen MR) is 75.0 cm³/mol. The van der Waals surface area contributed by atoms with E-state index in [1.807, 2.05) is 0 Å². The molecule has 0 fully saturated rings. The summed E-state index contributed by atoms with van der Waals surface area (Å²) >= 11 is 0. The standard InChI is InChI=1S/C12H15F3N2O4S/c1-8(21-7-12(13,14)15)11(18)16-9-4-3-5-10(6-9)17-22(2,19)20/h3-6,8,17H,7H2,1-2H3,(H,16,18)/t8-/m0/s1. The molecule has 1 amide bonds. The molecule has 2 N–H and O–H groups in total. The van der Waals surface area contributed by atoms with Crippen molar-refractivity contribution in [3.63, 3.8) is 0 Å². The van der Waals surface area contributed by atoms with E-state index in [0.717, 1.165) is 6.26 Å². The summed E-state index contributed by atoms with van der Waals surface area (Å²) in [5, 5.41) is 2.34. The second kappa shape index (κ2) is 6.97. The smallest absolute Gasteiger partial charge is 0.359 e. The average molecular weight is 340 g/mol. The van der Waals surface area contributed by atoms with Gasteiger partial charge < -0.3 is 10.1 Å². The van der Waals surface area contributed by atoms with Gasteiger partial charge >= 0.3 is 6.18 Å². The van der Waals surface area contributed by atoms with Crippen LogP contribution in [0.3, 0.4) is 0 Å². The fourth-order valence-corrected chi connectivity index (χ4v) is 1.97. The Bertz CT molecular complexity index is 632. The number of carbonyl (C=O) groups excluding carboxylic acids is 1. The molecule has 0 radical (unpaired) electrons. The third-order valence-corrected chi connectivity index (χ3v) is 2.91. The molecule has 1 rings (SSSR count). The van der Waals surface area contributed by atoms with Gasteiger partial charge in [0.2, 0.25) is 10.0 Å². The molecule has 0 unspecified atom stereocenters. The van der Waals surface area contributed by atoms with Gasteiger partial charge in [0.05, 0.1) is 11.9 Å². The molecule has 22 heavy (non-hydrogen) atoms. The van der Waals surface area contributed by atoms with E-state index in [0.29, 0.717) is 0 Å². The molecule has 10 heteroatoms. The minimum absolute atomic E-state index is 0.212. The first kappa shape index (κ1) is 18.2. The Morgan fingerprint density at radius 3 is 2.45 bits per heavy atom. The van der Waals surface area contributed by atoms with Gasteiger partial charge in [-0.15, -0.1) is 0 Å². The Kier molecular flexibility index (Phi) is 5.78. The molecule has 124 valence electrons. The van der Waals surface area contributed by atoms with Crippen molar-refractivity contribution in [1.29, 1.82) is 0 Å². The van der Waals surface area contributed by atoms with E-state index < -0.39 is 34.8 Å². The Morgan fingerprint density at radius 2 is 1.91 bits per heavy atom. The van der Waals surface area contributed by atoms with E-state index in [9.17, 15) is 26.4 Å². The van der Waals surface area contributed by atoms with E-state index in [-0.39, 0.29) is 11.4 Å².